The summed E-state index contributed by atoms with van der Waals surface area (Å²) in [7, 11) is 1.96. The van der Waals surface area contributed by atoms with Gasteiger partial charge in [-0.3, -0.25) is 0 Å². The van der Waals surface area contributed by atoms with E-state index >= 15 is 0 Å². The third-order valence-electron chi connectivity index (χ3n) is 0.330. The van der Waals surface area contributed by atoms with Gasteiger partial charge in [-0.05, 0) is 0 Å². The van der Waals surface area contributed by atoms with Crippen molar-refractivity contribution in [2.75, 3.05) is 24.6 Å². The van der Waals surface area contributed by atoms with E-state index in [1.165, 1.54) is 0 Å². The molecule has 0 saturated carbocycles. The van der Waals surface area contributed by atoms with Crippen molar-refractivity contribution in [1.29, 1.82) is 0 Å². The molecule has 0 unspecified atom stereocenters. The molecular weight excluding hydrogens is 144 g/mol. The van der Waals surface area contributed by atoms with Crippen molar-refractivity contribution in [3.8, 4) is 0 Å². The highest BCUT2D eigenvalue weighted by atomic mass is 33.1. The van der Waals surface area contributed by atoms with Crippen molar-refractivity contribution < 1.29 is 15.7 Å². The molecule has 0 spiro atoms. The van der Waals surface area contributed by atoms with E-state index < -0.39 is 13.1 Å². The maximum absolute atomic E-state index is 8.59. The molecule has 0 saturated heterocycles. The van der Waals surface area contributed by atoms with Crippen LogP contribution in [-0.2, 0) is 0 Å². The monoisotopic (exact) mass is 158 g/mol. The third-order valence-corrected chi connectivity index (χ3v) is 2.20. The number of hydrogen-bond acceptors (Lipinski definition) is 4. The van der Waals surface area contributed by atoms with Crippen LogP contribution in [0.25, 0.3) is 0 Å². The molecule has 0 aromatic carbocycles. The molecule has 4 heteroatoms. The lowest BCUT2D eigenvalue weighted by atomic mass is 10.9. The molecule has 0 aromatic rings. The van der Waals surface area contributed by atoms with Gasteiger partial charge in [0, 0.05) is 11.5 Å². The predicted octanol–water partition coefficient (Wildman–Crippen LogP) is 0.352. The van der Waals surface area contributed by atoms with Gasteiger partial charge in [0.2, 0.25) is 0 Å². The van der Waals surface area contributed by atoms with Crippen LogP contribution < -0.4 is 0 Å². The van der Waals surface area contributed by atoms with Crippen molar-refractivity contribution >= 4 is 21.6 Å². The van der Waals surface area contributed by atoms with Crippen molar-refractivity contribution in [3.63, 3.8) is 0 Å². The second-order valence-electron chi connectivity index (χ2n) is 0.841. The highest BCUT2D eigenvalue weighted by molar-refractivity contribution is 8.76. The van der Waals surface area contributed by atoms with Crippen LogP contribution in [0.2, 0.25) is 0 Å². The van der Waals surface area contributed by atoms with Crippen molar-refractivity contribution in [2.45, 2.75) is 0 Å². The van der Waals surface area contributed by atoms with Gasteiger partial charge in [0.15, 0.2) is 0 Å². The number of aliphatic hydroxyl groups is 2. The zero-order chi connectivity index (χ0) is 9.83. The molecule has 0 rings (SSSR count). The molecule has 50 valence electrons. The quantitative estimate of drug-likeness (QED) is 0.447. The van der Waals surface area contributed by atoms with Gasteiger partial charge in [0.25, 0.3) is 0 Å². The molecule has 2 nitrogen and oxygen atoms in total. The summed E-state index contributed by atoms with van der Waals surface area (Å²) in [4.78, 5) is 0. The summed E-state index contributed by atoms with van der Waals surface area (Å²) < 4.78 is 26.8. The SMILES string of the molecule is [2H]C([2H])(O)CSSCC([2H])([2H])O. The average molecular weight is 158 g/mol. The van der Waals surface area contributed by atoms with E-state index in [-0.39, 0.29) is 11.5 Å². The molecule has 0 aliphatic carbocycles. The van der Waals surface area contributed by atoms with Gasteiger partial charge in [-0.15, -0.1) is 0 Å². The molecule has 2 N–H and O–H groups in total. The average Bonchev–Trinajstić information content (AvgIpc) is 1.76. The van der Waals surface area contributed by atoms with Crippen molar-refractivity contribution in [2.24, 2.45) is 0 Å². The van der Waals surface area contributed by atoms with E-state index in [1.54, 1.807) is 0 Å². The standard InChI is InChI=1S/C4H10O2S2/c5-1-3-7-8-4-2-6/h5-6H,1-4H2/i1D2,2D2. The van der Waals surface area contributed by atoms with E-state index in [0.717, 1.165) is 21.6 Å². The maximum atomic E-state index is 8.59. The van der Waals surface area contributed by atoms with E-state index in [2.05, 4.69) is 0 Å². The Bertz CT molecular complexity index is 116. The predicted molar refractivity (Wildman–Crippen MR) is 39.1 cm³/mol. The highest BCUT2D eigenvalue weighted by Crippen LogP contribution is 2.18. The van der Waals surface area contributed by atoms with Crippen LogP contribution in [0.5, 0.6) is 0 Å². The van der Waals surface area contributed by atoms with Gasteiger partial charge in [-0.25, -0.2) is 0 Å². The third kappa shape index (κ3) is 6.62. The molecule has 0 heterocycles. The van der Waals surface area contributed by atoms with Crippen LogP contribution in [0.15, 0.2) is 0 Å². The first-order chi connectivity index (χ1) is 5.21. The zero-order valence-corrected chi connectivity index (χ0v) is 5.76. The fourth-order valence-corrected chi connectivity index (χ4v) is 1.22. The Morgan fingerprint density at radius 1 is 1.12 bits per heavy atom. The van der Waals surface area contributed by atoms with Crippen LogP contribution in [0.3, 0.4) is 0 Å². The molecule has 0 amide bonds. The summed E-state index contributed by atoms with van der Waals surface area (Å²) >= 11 is 0. The number of hydrogen-bond donors (Lipinski definition) is 2. The Kier molecular flexibility index (Phi) is 3.53. The lowest BCUT2D eigenvalue weighted by Crippen LogP contribution is -1.85. The maximum Gasteiger partial charge on any atom is 0.0573 e. The zero-order valence-electron chi connectivity index (χ0n) is 8.13. The molecule has 0 atom stereocenters. The minimum absolute atomic E-state index is 0.145. The molecule has 0 aliphatic rings. The largest absolute Gasteiger partial charge is 0.395 e. The van der Waals surface area contributed by atoms with Gasteiger partial charge in [-0.2, -0.15) is 0 Å². The summed E-state index contributed by atoms with van der Waals surface area (Å²) in [5.41, 5.74) is 0. The van der Waals surface area contributed by atoms with Crippen molar-refractivity contribution in [1.82, 2.24) is 0 Å². The molecule has 0 aromatic heterocycles. The second kappa shape index (κ2) is 7.62. The van der Waals surface area contributed by atoms with E-state index in [4.69, 9.17) is 15.7 Å². The molecule has 0 bridgehead atoms. The van der Waals surface area contributed by atoms with Gasteiger partial charge < -0.3 is 10.2 Å². The fourth-order valence-electron chi connectivity index (χ4n) is 0.136. The summed E-state index contributed by atoms with van der Waals surface area (Å²) in [6.07, 6.45) is 0. The minimum atomic E-state index is -2.24. The van der Waals surface area contributed by atoms with Crippen LogP contribution in [0, 0.1) is 0 Å². The number of rotatable bonds is 5. The van der Waals surface area contributed by atoms with Crippen LogP contribution in [-0.4, -0.2) is 34.8 Å². The topological polar surface area (TPSA) is 40.5 Å². The molecule has 8 heavy (non-hydrogen) atoms. The fraction of sp³-hybridized carbons (Fsp3) is 1.00. The summed E-state index contributed by atoms with van der Waals surface area (Å²) in [6.45, 7) is -4.47. The summed E-state index contributed by atoms with van der Waals surface area (Å²) in [5.74, 6) is -0.290. The summed E-state index contributed by atoms with van der Waals surface area (Å²) in [6, 6.07) is 0. The van der Waals surface area contributed by atoms with Crippen molar-refractivity contribution in [3.05, 3.63) is 0 Å². The van der Waals surface area contributed by atoms with E-state index in [0.29, 0.717) is 0 Å². The molecule has 0 fully saturated rings. The first-order valence-corrected chi connectivity index (χ1v) is 4.39. The van der Waals surface area contributed by atoms with Gasteiger partial charge in [-0.1, -0.05) is 21.6 Å². The Labute approximate surface area is 62.7 Å². The Morgan fingerprint density at radius 3 is 1.75 bits per heavy atom. The summed E-state index contributed by atoms with van der Waals surface area (Å²) in [5, 5.41) is 17.2. The highest BCUT2D eigenvalue weighted by Gasteiger charge is 1.85. The van der Waals surface area contributed by atoms with E-state index in [9.17, 15) is 0 Å². The van der Waals surface area contributed by atoms with Gasteiger partial charge in [0.05, 0.1) is 18.6 Å². The first kappa shape index (κ1) is 3.71. The molecule has 0 aliphatic heterocycles. The first-order valence-electron chi connectivity index (χ1n) is 3.90. The van der Waals surface area contributed by atoms with Crippen LogP contribution in [0.1, 0.15) is 5.48 Å². The normalized spacial score (nSPS) is 20.8. The van der Waals surface area contributed by atoms with Crippen LogP contribution in [0.4, 0.5) is 0 Å². The second-order valence-corrected chi connectivity index (χ2v) is 3.30. The van der Waals surface area contributed by atoms with Gasteiger partial charge in [0.1, 0.15) is 0 Å². The Morgan fingerprint density at radius 2 is 1.50 bits per heavy atom. The van der Waals surface area contributed by atoms with Gasteiger partial charge >= 0.3 is 0 Å². The van der Waals surface area contributed by atoms with E-state index in [1.807, 2.05) is 0 Å². The Balaban J connectivity index is 3.35. The lowest BCUT2D eigenvalue weighted by Gasteiger charge is -1.93. The lowest BCUT2D eigenvalue weighted by molar-refractivity contribution is 0.322. The Hall–Kier alpha value is 0.620. The molecule has 0 radical (unpaired) electrons. The van der Waals surface area contributed by atoms with Crippen LogP contribution >= 0.6 is 21.6 Å². The smallest absolute Gasteiger partial charge is 0.0573 e. The molecular formula is C4H10O2S2. The minimum Gasteiger partial charge on any atom is -0.395 e.